The van der Waals surface area contributed by atoms with Gasteiger partial charge in [-0.15, -0.1) is 0 Å². The fraction of sp³-hybridized carbons (Fsp3) is 0.909. The van der Waals surface area contributed by atoms with Crippen molar-refractivity contribution in [1.29, 1.82) is 0 Å². The first-order chi connectivity index (χ1) is 7.32. The minimum Gasteiger partial charge on any atom is -0.444 e. The molecule has 3 N–H and O–H groups in total. The first kappa shape index (κ1) is 13.3. The predicted octanol–water partition coefficient (Wildman–Crippen LogP) is 0.544. The molecule has 0 aromatic heterocycles. The molecule has 16 heavy (non-hydrogen) atoms. The molecule has 1 atom stereocenters. The molecule has 1 aliphatic heterocycles. The lowest BCUT2D eigenvalue weighted by atomic mass is 10.00. The van der Waals surface area contributed by atoms with E-state index in [-0.39, 0.29) is 11.6 Å². The first-order valence-electron chi connectivity index (χ1n) is 5.69. The highest BCUT2D eigenvalue weighted by Gasteiger charge is 2.39. The normalized spacial score (nSPS) is 25.9. The van der Waals surface area contributed by atoms with Gasteiger partial charge in [-0.3, -0.25) is 0 Å². The molecule has 1 fully saturated rings. The zero-order valence-electron chi connectivity index (χ0n) is 10.7. The molecule has 0 aromatic carbocycles. The number of likely N-dealkylation sites (N-methyl/N-ethyl adjacent to an activating group) is 1. The lowest BCUT2D eigenvalue weighted by Crippen LogP contribution is -2.52. The average molecular weight is 229 g/mol. The van der Waals surface area contributed by atoms with Gasteiger partial charge in [0.1, 0.15) is 5.60 Å². The average Bonchev–Trinajstić information content (AvgIpc) is 2.60. The van der Waals surface area contributed by atoms with Crippen molar-refractivity contribution in [3.8, 4) is 0 Å². The van der Waals surface area contributed by atoms with E-state index in [1.54, 1.807) is 4.90 Å². The molecule has 94 valence electrons. The Balaban J connectivity index is 2.56. The summed E-state index contributed by atoms with van der Waals surface area (Å²) in [4.78, 5) is 13.5. The van der Waals surface area contributed by atoms with E-state index in [1.165, 1.54) is 0 Å². The Morgan fingerprint density at radius 1 is 1.56 bits per heavy atom. The largest absolute Gasteiger partial charge is 0.444 e. The number of nitrogens with one attached hydrogen (secondary N) is 1. The maximum atomic E-state index is 11.8. The highest BCUT2D eigenvalue weighted by Crippen LogP contribution is 2.22. The SMILES string of the molecule is CNC1(CN)CCN(C(=O)OC(C)(C)C)C1. The van der Waals surface area contributed by atoms with E-state index in [2.05, 4.69) is 5.32 Å². The summed E-state index contributed by atoms with van der Waals surface area (Å²) in [6, 6.07) is 0. The Kier molecular flexibility index (Phi) is 3.80. The van der Waals surface area contributed by atoms with E-state index in [4.69, 9.17) is 10.5 Å². The van der Waals surface area contributed by atoms with Gasteiger partial charge >= 0.3 is 6.09 Å². The standard InChI is InChI=1S/C11H23N3O2/c1-10(2,3)16-9(15)14-6-5-11(7-12,8-14)13-4/h13H,5-8,12H2,1-4H3. The van der Waals surface area contributed by atoms with Crippen molar-refractivity contribution in [3.05, 3.63) is 0 Å². The molecule has 1 saturated heterocycles. The molecule has 1 heterocycles. The quantitative estimate of drug-likeness (QED) is 0.725. The van der Waals surface area contributed by atoms with Gasteiger partial charge in [0.25, 0.3) is 0 Å². The minimum absolute atomic E-state index is 0.142. The zero-order valence-corrected chi connectivity index (χ0v) is 10.7. The van der Waals surface area contributed by atoms with Crippen molar-refractivity contribution < 1.29 is 9.53 Å². The molecule has 1 amide bonds. The lowest BCUT2D eigenvalue weighted by Gasteiger charge is -2.28. The Hall–Kier alpha value is -0.810. The maximum absolute atomic E-state index is 11.8. The van der Waals surface area contributed by atoms with Gasteiger partial charge in [0.15, 0.2) is 0 Å². The smallest absolute Gasteiger partial charge is 0.410 e. The van der Waals surface area contributed by atoms with Crippen molar-refractivity contribution >= 4 is 6.09 Å². The van der Waals surface area contributed by atoms with Crippen LogP contribution >= 0.6 is 0 Å². The van der Waals surface area contributed by atoms with Crippen molar-refractivity contribution in [1.82, 2.24) is 10.2 Å². The van der Waals surface area contributed by atoms with E-state index in [0.29, 0.717) is 19.6 Å². The Labute approximate surface area is 97.3 Å². The summed E-state index contributed by atoms with van der Waals surface area (Å²) in [5, 5.41) is 3.20. The molecule has 0 radical (unpaired) electrons. The molecule has 1 aliphatic rings. The van der Waals surface area contributed by atoms with Crippen LogP contribution in [0.4, 0.5) is 4.79 Å². The van der Waals surface area contributed by atoms with Crippen LogP contribution in [0.25, 0.3) is 0 Å². The number of carbonyl (C=O) groups excluding carboxylic acids is 1. The summed E-state index contributed by atoms with van der Waals surface area (Å²) in [5.41, 5.74) is 5.15. The predicted molar refractivity (Wildman–Crippen MR) is 63.3 cm³/mol. The van der Waals surface area contributed by atoms with Crippen molar-refractivity contribution in [2.45, 2.75) is 38.3 Å². The van der Waals surface area contributed by atoms with Gasteiger partial charge in [0, 0.05) is 25.2 Å². The summed E-state index contributed by atoms with van der Waals surface area (Å²) in [7, 11) is 1.88. The third kappa shape index (κ3) is 3.09. The van der Waals surface area contributed by atoms with Gasteiger partial charge in [0.2, 0.25) is 0 Å². The van der Waals surface area contributed by atoms with Crippen LogP contribution in [-0.2, 0) is 4.74 Å². The van der Waals surface area contributed by atoms with E-state index in [0.717, 1.165) is 6.42 Å². The van der Waals surface area contributed by atoms with Crippen LogP contribution in [0.2, 0.25) is 0 Å². The highest BCUT2D eigenvalue weighted by atomic mass is 16.6. The van der Waals surface area contributed by atoms with E-state index in [9.17, 15) is 4.79 Å². The van der Waals surface area contributed by atoms with E-state index < -0.39 is 5.60 Å². The molecule has 1 unspecified atom stereocenters. The summed E-state index contributed by atoms with van der Waals surface area (Å²) in [6.07, 6.45) is 0.622. The number of ether oxygens (including phenoxy) is 1. The molecule has 0 spiro atoms. The number of nitrogens with two attached hydrogens (primary N) is 1. The monoisotopic (exact) mass is 229 g/mol. The van der Waals surface area contributed by atoms with Crippen molar-refractivity contribution in [2.24, 2.45) is 5.73 Å². The molecular formula is C11H23N3O2. The lowest BCUT2D eigenvalue weighted by molar-refractivity contribution is 0.0282. The Morgan fingerprint density at radius 2 is 2.19 bits per heavy atom. The van der Waals surface area contributed by atoms with Crippen molar-refractivity contribution in [2.75, 3.05) is 26.7 Å². The van der Waals surface area contributed by atoms with Crippen LogP contribution in [0, 0.1) is 0 Å². The van der Waals surface area contributed by atoms with Crippen LogP contribution in [-0.4, -0.2) is 48.8 Å². The molecule has 5 heteroatoms. The van der Waals surface area contributed by atoms with Crippen LogP contribution < -0.4 is 11.1 Å². The molecular weight excluding hydrogens is 206 g/mol. The van der Waals surface area contributed by atoms with E-state index in [1.807, 2.05) is 27.8 Å². The van der Waals surface area contributed by atoms with Crippen molar-refractivity contribution in [3.63, 3.8) is 0 Å². The molecule has 0 saturated carbocycles. The second-order valence-electron chi connectivity index (χ2n) is 5.39. The number of nitrogens with zero attached hydrogens (tertiary/aromatic N) is 1. The zero-order chi connectivity index (χ0) is 12.4. The highest BCUT2D eigenvalue weighted by molar-refractivity contribution is 5.68. The van der Waals surface area contributed by atoms with Crippen LogP contribution in [0.1, 0.15) is 27.2 Å². The Morgan fingerprint density at radius 3 is 2.56 bits per heavy atom. The van der Waals surface area contributed by atoms with Crippen LogP contribution in [0.15, 0.2) is 0 Å². The second-order valence-corrected chi connectivity index (χ2v) is 5.39. The van der Waals surface area contributed by atoms with Gasteiger partial charge in [-0.1, -0.05) is 0 Å². The third-order valence-electron chi connectivity index (χ3n) is 2.93. The summed E-state index contributed by atoms with van der Waals surface area (Å²) in [6.45, 7) is 7.46. The number of likely N-dealkylation sites (tertiary alicyclic amines) is 1. The van der Waals surface area contributed by atoms with Gasteiger partial charge in [-0.05, 0) is 34.2 Å². The Bertz CT molecular complexity index is 256. The number of hydrogen-bond donors (Lipinski definition) is 2. The molecule has 0 bridgehead atoms. The van der Waals surface area contributed by atoms with Gasteiger partial charge in [0.05, 0.1) is 0 Å². The number of amides is 1. The minimum atomic E-state index is -0.440. The first-order valence-corrected chi connectivity index (χ1v) is 5.69. The van der Waals surface area contributed by atoms with Gasteiger partial charge in [-0.25, -0.2) is 4.79 Å². The van der Waals surface area contributed by atoms with Gasteiger partial charge in [-0.2, -0.15) is 0 Å². The fourth-order valence-corrected chi connectivity index (χ4v) is 1.83. The number of carbonyl (C=O) groups is 1. The summed E-state index contributed by atoms with van der Waals surface area (Å²) < 4.78 is 5.32. The van der Waals surface area contributed by atoms with Crippen LogP contribution in [0.5, 0.6) is 0 Å². The molecule has 0 aromatic rings. The molecule has 5 nitrogen and oxygen atoms in total. The topological polar surface area (TPSA) is 67.6 Å². The second kappa shape index (κ2) is 4.59. The number of hydrogen-bond acceptors (Lipinski definition) is 4. The van der Waals surface area contributed by atoms with Crippen LogP contribution in [0.3, 0.4) is 0 Å². The third-order valence-corrected chi connectivity index (χ3v) is 2.93. The van der Waals surface area contributed by atoms with Gasteiger partial charge < -0.3 is 20.7 Å². The molecule has 1 rings (SSSR count). The van der Waals surface area contributed by atoms with E-state index >= 15 is 0 Å². The summed E-state index contributed by atoms with van der Waals surface area (Å²) >= 11 is 0. The number of rotatable bonds is 2. The molecule has 0 aliphatic carbocycles. The summed E-state index contributed by atoms with van der Waals surface area (Å²) in [5.74, 6) is 0. The maximum Gasteiger partial charge on any atom is 0.410 e. The fourth-order valence-electron chi connectivity index (χ4n) is 1.83.